The van der Waals surface area contributed by atoms with Crippen LogP contribution < -0.4 is 0 Å². The fourth-order valence-electron chi connectivity index (χ4n) is 4.04. The highest BCUT2D eigenvalue weighted by atomic mass is 32.2. The first-order chi connectivity index (χ1) is 14.7. The zero-order chi connectivity index (χ0) is 20.5. The number of H-pyrrole nitrogens is 1. The summed E-state index contributed by atoms with van der Waals surface area (Å²) in [7, 11) is 0. The number of thioether (sulfide) groups is 1. The molecule has 7 heteroatoms. The fourth-order valence-corrected chi connectivity index (χ4v) is 5.10. The number of nitrogens with one attached hydrogen (secondary N) is 1. The van der Waals surface area contributed by atoms with Gasteiger partial charge in [-0.2, -0.15) is 0 Å². The molecule has 152 valence electrons. The van der Waals surface area contributed by atoms with Gasteiger partial charge in [0.15, 0.2) is 5.17 Å². The molecule has 5 nitrogen and oxygen atoms in total. The standard InChI is InChI=1S/C23H21FN4OS/c24-16-7-9-17(10-8-16)27-23-28(18-4-2-1-3-5-18)22(29)21(30-23)13-15-6-11-19-20(12-15)26-14-25-19/h6-14,18H,1-5H2,(H,25,26)/b21-13-,27-23-. The van der Waals surface area contributed by atoms with Crippen molar-refractivity contribution in [3.05, 3.63) is 65.1 Å². The van der Waals surface area contributed by atoms with Crippen LogP contribution in [0.3, 0.4) is 0 Å². The van der Waals surface area contributed by atoms with Gasteiger partial charge in [0.05, 0.1) is 28.0 Å². The first kappa shape index (κ1) is 19.1. The number of hydrogen-bond donors (Lipinski definition) is 1. The van der Waals surface area contributed by atoms with Gasteiger partial charge in [-0.15, -0.1) is 0 Å². The van der Waals surface area contributed by atoms with E-state index in [1.807, 2.05) is 29.2 Å². The number of aliphatic imine (C=N–C) groups is 1. The van der Waals surface area contributed by atoms with Crippen molar-refractivity contribution >= 4 is 45.6 Å². The van der Waals surface area contributed by atoms with E-state index in [1.165, 1.54) is 30.3 Å². The van der Waals surface area contributed by atoms with Crippen LogP contribution in [0, 0.1) is 5.82 Å². The van der Waals surface area contributed by atoms with Crippen LogP contribution in [0.4, 0.5) is 10.1 Å². The Labute approximate surface area is 178 Å². The summed E-state index contributed by atoms with van der Waals surface area (Å²) in [5.74, 6) is -0.303. The van der Waals surface area contributed by atoms with E-state index in [9.17, 15) is 9.18 Å². The lowest BCUT2D eigenvalue weighted by atomic mass is 9.94. The van der Waals surface area contributed by atoms with E-state index in [2.05, 4.69) is 9.97 Å². The van der Waals surface area contributed by atoms with Gasteiger partial charge < -0.3 is 4.98 Å². The number of amides is 1. The van der Waals surface area contributed by atoms with Crippen molar-refractivity contribution in [2.75, 3.05) is 0 Å². The van der Waals surface area contributed by atoms with Gasteiger partial charge >= 0.3 is 0 Å². The van der Waals surface area contributed by atoms with Gasteiger partial charge in [0, 0.05) is 6.04 Å². The van der Waals surface area contributed by atoms with Crippen LogP contribution in [0.2, 0.25) is 0 Å². The Morgan fingerprint density at radius 3 is 2.73 bits per heavy atom. The maximum absolute atomic E-state index is 13.4. The van der Waals surface area contributed by atoms with Gasteiger partial charge in [-0.3, -0.25) is 9.69 Å². The first-order valence-electron chi connectivity index (χ1n) is 10.2. The summed E-state index contributed by atoms with van der Waals surface area (Å²) in [5, 5.41) is 0.672. The summed E-state index contributed by atoms with van der Waals surface area (Å²) in [4.78, 5) is 27.9. The van der Waals surface area contributed by atoms with E-state index in [1.54, 1.807) is 18.5 Å². The number of carbonyl (C=O) groups is 1. The van der Waals surface area contributed by atoms with Crippen molar-refractivity contribution in [1.82, 2.24) is 14.9 Å². The van der Waals surface area contributed by atoms with E-state index in [4.69, 9.17) is 4.99 Å². The van der Waals surface area contributed by atoms with Crippen molar-refractivity contribution in [3.8, 4) is 0 Å². The molecule has 0 spiro atoms. The number of amidine groups is 1. The number of benzene rings is 2. The Hall–Kier alpha value is -2.93. The van der Waals surface area contributed by atoms with E-state index < -0.39 is 0 Å². The summed E-state index contributed by atoms with van der Waals surface area (Å²) >= 11 is 1.39. The molecule has 5 rings (SSSR count). The predicted octanol–water partition coefficient (Wildman–Crippen LogP) is 5.64. The summed E-state index contributed by atoms with van der Waals surface area (Å²) in [6, 6.07) is 12.1. The largest absolute Gasteiger partial charge is 0.345 e. The molecule has 1 N–H and O–H groups in total. The Bertz CT molecular complexity index is 1150. The quantitative estimate of drug-likeness (QED) is 0.558. The number of imidazole rings is 1. The molecule has 3 aromatic rings. The number of carbonyl (C=O) groups excluding carboxylic acids is 1. The molecule has 0 atom stereocenters. The number of nitrogens with zero attached hydrogens (tertiary/aromatic N) is 3. The highest BCUT2D eigenvalue weighted by Gasteiger charge is 2.38. The van der Waals surface area contributed by atoms with Crippen molar-refractivity contribution in [2.45, 2.75) is 38.1 Å². The minimum Gasteiger partial charge on any atom is -0.345 e. The number of aromatic nitrogens is 2. The highest BCUT2D eigenvalue weighted by molar-refractivity contribution is 8.18. The van der Waals surface area contributed by atoms with E-state index in [0.29, 0.717) is 15.8 Å². The zero-order valence-corrected chi connectivity index (χ0v) is 17.2. The van der Waals surface area contributed by atoms with Crippen molar-refractivity contribution in [3.63, 3.8) is 0 Å². The van der Waals surface area contributed by atoms with Crippen molar-refractivity contribution < 1.29 is 9.18 Å². The molecule has 2 fully saturated rings. The number of aromatic amines is 1. The van der Waals surface area contributed by atoms with E-state index in [-0.39, 0.29) is 17.8 Å². The number of rotatable bonds is 3. The Morgan fingerprint density at radius 1 is 1.13 bits per heavy atom. The molecule has 2 aliphatic rings. The molecule has 0 unspecified atom stereocenters. The van der Waals surface area contributed by atoms with E-state index in [0.717, 1.165) is 42.3 Å². The molecular formula is C23H21FN4OS. The molecule has 1 aliphatic heterocycles. The minimum atomic E-state index is -0.299. The molecule has 1 amide bonds. The van der Waals surface area contributed by atoms with Crippen LogP contribution in [0.15, 0.2) is 58.7 Å². The van der Waals surface area contributed by atoms with Crippen LogP contribution >= 0.6 is 11.8 Å². The predicted molar refractivity (Wildman–Crippen MR) is 119 cm³/mol. The second-order valence-corrected chi connectivity index (χ2v) is 8.64. The van der Waals surface area contributed by atoms with Gasteiger partial charge in [-0.1, -0.05) is 25.3 Å². The topological polar surface area (TPSA) is 61.4 Å². The third-order valence-corrected chi connectivity index (χ3v) is 6.55. The molecular weight excluding hydrogens is 399 g/mol. The molecule has 1 saturated heterocycles. The average Bonchev–Trinajstić information content (AvgIpc) is 3.34. The SMILES string of the molecule is O=C1/C(=C/c2ccc3[nH]cnc3c2)S/C(=N\c2ccc(F)cc2)N1C1CCCCC1. The molecule has 1 saturated carbocycles. The molecule has 0 bridgehead atoms. The summed E-state index contributed by atoms with van der Waals surface area (Å²) in [6.07, 6.45) is 9.00. The Kier molecular flexibility index (Phi) is 5.12. The monoisotopic (exact) mass is 420 g/mol. The van der Waals surface area contributed by atoms with Gasteiger partial charge in [0.25, 0.3) is 5.91 Å². The maximum atomic E-state index is 13.4. The van der Waals surface area contributed by atoms with Gasteiger partial charge in [-0.05, 0) is 72.6 Å². The molecule has 30 heavy (non-hydrogen) atoms. The Morgan fingerprint density at radius 2 is 1.93 bits per heavy atom. The first-order valence-corrected chi connectivity index (χ1v) is 11.0. The van der Waals surface area contributed by atoms with Gasteiger partial charge in [0.2, 0.25) is 0 Å². The van der Waals surface area contributed by atoms with Crippen LogP contribution in [0.1, 0.15) is 37.7 Å². The second kappa shape index (κ2) is 8.07. The summed E-state index contributed by atoms with van der Waals surface area (Å²) in [6.45, 7) is 0. The van der Waals surface area contributed by atoms with Gasteiger partial charge in [0.1, 0.15) is 5.82 Å². The summed E-state index contributed by atoms with van der Waals surface area (Å²) in [5.41, 5.74) is 3.40. The molecule has 2 heterocycles. The lowest BCUT2D eigenvalue weighted by molar-refractivity contribution is -0.124. The fraction of sp³-hybridized carbons (Fsp3) is 0.261. The zero-order valence-electron chi connectivity index (χ0n) is 16.3. The Balaban J connectivity index is 1.51. The number of fused-ring (bicyclic) bond motifs is 1. The number of halogens is 1. The van der Waals surface area contributed by atoms with Crippen LogP contribution in [0.25, 0.3) is 17.1 Å². The molecule has 2 aromatic carbocycles. The third kappa shape index (κ3) is 3.77. The summed E-state index contributed by atoms with van der Waals surface area (Å²) < 4.78 is 13.3. The number of hydrogen-bond acceptors (Lipinski definition) is 4. The van der Waals surface area contributed by atoms with E-state index >= 15 is 0 Å². The van der Waals surface area contributed by atoms with Crippen LogP contribution in [0.5, 0.6) is 0 Å². The normalized spacial score (nSPS) is 20.7. The lowest BCUT2D eigenvalue weighted by Gasteiger charge is -2.30. The minimum absolute atomic E-state index is 0.00473. The lowest BCUT2D eigenvalue weighted by Crippen LogP contribution is -2.40. The van der Waals surface area contributed by atoms with Crippen LogP contribution in [-0.2, 0) is 4.79 Å². The van der Waals surface area contributed by atoms with Crippen LogP contribution in [-0.4, -0.2) is 32.0 Å². The van der Waals surface area contributed by atoms with Crippen molar-refractivity contribution in [2.24, 2.45) is 4.99 Å². The van der Waals surface area contributed by atoms with Crippen molar-refractivity contribution in [1.29, 1.82) is 0 Å². The maximum Gasteiger partial charge on any atom is 0.267 e. The highest BCUT2D eigenvalue weighted by Crippen LogP contribution is 2.38. The molecule has 1 aliphatic carbocycles. The molecule has 1 aromatic heterocycles. The van der Waals surface area contributed by atoms with Gasteiger partial charge in [-0.25, -0.2) is 14.4 Å². The smallest absolute Gasteiger partial charge is 0.267 e. The average molecular weight is 421 g/mol. The third-order valence-electron chi connectivity index (χ3n) is 5.57. The molecule has 0 radical (unpaired) electrons. The second-order valence-electron chi connectivity index (χ2n) is 7.63.